The number of guanidine groups is 1. The van der Waals surface area contributed by atoms with Gasteiger partial charge >= 0.3 is 0 Å². The molecule has 1 aliphatic rings. The Balaban J connectivity index is 1.41. The molecular weight excluding hydrogens is 398 g/mol. The van der Waals surface area contributed by atoms with Crippen LogP contribution >= 0.6 is 0 Å². The third-order valence-corrected chi connectivity index (χ3v) is 5.93. The van der Waals surface area contributed by atoms with E-state index in [1.807, 2.05) is 24.3 Å². The minimum absolute atomic E-state index is 0.0604. The smallest absolute Gasteiger partial charge is 0.251 e. The van der Waals surface area contributed by atoms with Crippen LogP contribution in [0.25, 0.3) is 0 Å². The predicted octanol–water partition coefficient (Wildman–Crippen LogP) is 3.33. The van der Waals surface area contributed by atoms with Crippen LogP contribution < -0.4 is 16.0 Å². The SMILES string of the molecule is CN=C(NCCc1cccc(C(=O)NC)c1)NCc1ccc(CN2CCCCCC2)cc1. The number of carbonyl (C=O) groups excluding carboxylic acids is 1. The lowest BCUT2D eigenvalue weighted by atomic mass is 10.1. The lowest BCUT2D eigenvalue weighted by Crippen LogP contribution is -2.37. The fraction of sp³-hybridized carbons (Fsp3) is 0.462. The molecule has 2 aromatic carbocycles. The average Bonchev–Trinajstić information content (AvgIpc) is 3.10. The molecule has 0 spiro atoms. The molecule has 1 fully saturated rings. The van der Waals surface area contributed by atoms with Crippen molar-refractivity contribution in [2.24, 2.45) is 4.99 Å². The molecule has 0 bridgehead atoms. The minimum Gasteiger partial charge on any atom is -0.356 e. The molecule has 0 radical (unpaired) electrons. The summed E-state index contributed by atoms with van der Waals surface area (Å²) in [4.78, 5) is 18.7. The maximum atomic E-state index is 11.8. The van der Waals surface area contributed by atoms with Crippen molar-refractivity contribution in [1.82, 2.24) is 20.9 Å². The van der Waals surface area contributed by atoms with Crippen LogP contribution in [0.3, 0.4) is 0 Å². The third kappa shape index (κ3) is 7.68. The van der Waals surface area contributed by atoms with E-state index in [2.05, 4.69) is 50.1 Å². The maximum Gasteiger partial charge on any atom is 0.251 e. The van der Waals surface area contributed by atoms with Crippen molar-refractivity contribution >= 4 is 11.9 Å². The number of carbonyl (C=O) groups is 1. The molecule has 172 valence electrons. The second-order valence-corrected chi connectivity index (χ2v) is 8.39. The first-order valence-corrected chi connectivity index (χ1v) is 11.7. The van der Waals surface area contributed by atoms with Crippen LogP contribution in [0.4, 0.5) is 0 Å². The van der Waals surface area contributed by atoms with Crippen LogP contribution in [0.1, 0.15) is 52.7 Å². The molecule has 6 heteroatoms. The van der Waals surface area contributed by atoms with Crippen LogP contribution in [0.2, 0.25) is 0 Å². The zero-order valence-corrected chi connectivity index (χ0v) is 19.5. The van der Waals surface area contributed by atoms with E-state index in [1.165, 1.54) is 49.9 Å². The molecule has 0 aromatic heterocycles. The van der Waals surface area contributed by atoms with Crippen molar-refractivity contribution < 1.29 is 4.79 Å². The van der Waals surface area contributed by atoms with E-state index in [1.54, 1.807) is 14.1 Å². The Morgan fingerprint density at radius 3 is 2.34 bits per heavy atom. The van der Waals surface area contributed by atoms with Gasteiger partial charge in [-0.25, -0.2) is 0 Å². The van der Waals surface area contributed by atoms with Gasteiger partial charge < -0.3 is 16.0 Å². The minimum atomic E-state index is -0.0604. The van der Waals surface area contributed by atoms with E-state index in [-0.39, 0.29) is 5.91 Å². The van der Waals surface area contributed by atoms with E-state index < -0.39 is 0 Å². The monoisotopic (exact) mass is 435 g/mol. The summed E-state index contributed by atoms with van der Waals surface area (Å²) in [6, 6.07) is 16.6. The molecule has 1 amide bonds. The van der Waals surface area contributed by atoms with Crippen LogP contribution in [-0.2, 0) is 19.5 Å². The molecular formula is C26H37N5O. The Kier molecular flexibility index (Phi) is 9.57. The predicted molar refractivity (Wildman–Crippen MR) is 132 cm³/mol. The molecule has 1 saturated heterocycles. The van der Waals surface area contributed by atoms with Crippen LogP contribution in [0.5, 0.6) is 0 Å². The van der Waals surface area contributed by atoms with Gasteiger partial charge in [-0.1, -0.05) is 49.2 Å². The lowest BCUT2D eigenvalue weighted by Gasteiger charge is -2.20. The molecule has 0 atom stereocenters. The topological polar surface area (TPSA) is 68.8 Å². The number of amides is 1. The number of nitrogens with zero attached hydrogens (tertiary/aromatic N) is 2. The molecule has 3 N–H and O–H groups in total. The largest absolute Gasteiger partial charge is 0.356 e. The number of benzene rings is 2. The van der Waals surface area contributed by atoms with Gasteiger partial charge in [0, 0.05) is 39.3 Å². The van der Waals surface area contributed by atoms with E-state index in [0.717, 1.165) is 37.6 Å². The number of hydrogen-bond acceptors (Lipinski definition) is 3. The van der Waals surface area contributed by atoms with Gasteiger partial charge in [0.15, 0.2) is 5.96 Å². The van der Waals surface area contributed by atoms with Gasteiger partial charge in [-0.05, 0) is 61.2 Å². The quantitative estimate of drug-likeness (QED) is 0.439. The zero-order chi connectivity index (χ0) is 22.6. The first-order valence-electron chi connectivity index (χ1n) is 11.7. The van der Waals surface area contributed by atoms with E-state index in [0.29, 0.717) is 5.56 Å². The van der Waals surface area contributed by atoms with Gasteiger partial charge in [-0.3, -0.25) is 14.7 Å². The number of likely N-dealkylation sites (tertiary alicyclic amines) is 1. The molecule has 0 saturated carbocycles. The third-order valence-electron chi connectivity index (χ3n) is 5.93. The van der Waals surface area contributed by atoms with Crippen molar-refractivity contribution in [3.63, 3.8) is 0 Å². The summed E-state index contributed by atoms with van der Waals surface area (Å²) in [5.41, 5.74) is 4.43. The Morgan fingerprint density at radius 1 is 0.938 bits per heavy atom. The molecule has 2 aromatic rings. The van der Waals surface area contributed by atoms with Crippen molar-refractivity contribution in [3.05, 3.63) is 70.8 Å². The zero-order valence-electron chi connectivity index (χ0n) is 19.5. The molecule has 1 aliphatic heterocycles. The van der Waals surface area contributed by atoms with Crippen molar-refractivity contribution in [3.8, 4) is 0 Å². The fourth-order valence-corrected chi connectivity index (χ4v) is 4.06. The fourth-order valence-electron chi connectivity index (χ4n) is 4.06. The summed E-state index contributed by atoms with van der Waals surface area (Å²) in [5, 5.41) is 9.40. The van der Waals surface area contributed by atoms with Gasteiger partial charge in [0.1, 0.15) is 0 Å². The Morgan fingerprint density at radius 2 is 1.66 bits per heavy atom. The second kappa shape index (κ2) is 12.9. The average molecular weight is 436 g/mol. The highest BCUT2D eigenvalue weighted by atomic mass is 16.1. The Labute approximate surface area is 192 Å². The highest BCUT2D eigenvalue weighted by molar-refractivity contribution is 5.94. The lowest BCUT2D eigenvalue weighted by molar-refractivity contribution is 0.0963. The van der Waals surface area contributed by atoms with Gasteiger partial charge in [-0.15, -0.1) is 0 Å². The summed E-state index contributed by atoms with van der Waals surface area (Å²) >= 11 is 0. The highest BCUT2D eigenvalue weighted by Crippen LogP contribution is 2.14. The summed E-state index contributed by atoms with van der Waals surface area (Å²) in [6.07, 6.45) is 6.22. The first-order chi connectivity index (χ1) is 15.7. The van der Waals surface area contributed by atoms with Gasteiger partial charge in [0.05, 0.1) is 0 Å². The van der Waals surface area contributed by atoms with E-state index >= 15 is 0 Å². The number of hydrogen-bond donors (Lipinski definition) is 3. The summed E-state index contributed by atoms with van der Waals surface area (Å²) in [7, 11) is 3.43. The van der Waals surface area contributed by atoms with Crippen molar-refractivity contribution in [1.29, 1.82) is 0 Å². The number of aliphatic imine (C=N–C) groups is 1. The molecule has 6 nitrogen and oxygen atoms in total. The summed E-state index contributed by atoms with van der Waals surface area (Å²) in [5.74, 6) is 0.718. The number of nitrogens with one attached hydrogen (secondary N) is 3. The second-order valence-electron chi connectivity index (χ2n) is 8.39. The van der Waals surface area contributed by atoms with E-state index in [9.17, 15) is 4.79 Å². The van der Waals surface area contributed by atoms with Crippen LogP contribution in [0, 0.1) is 0 Å². The maximum absolute atomic E-state index is 11.8. The van der Waals surface area contributed by atoms with Crippen molar-refractivity contribution in [2.75, 3.05) is 33.7 Å². The highest BCUT2D eigenvalue weighted by Gasteiger charge is 2.09. The van der Waals surface area contributed by atoms with Gasteiger partial charge in [-0.2, -0.15) is 0 Å². The van der Waals surface area contributed by atoms with E-state index in [4.69, 9.17) is 0 Å². The Bertz CT molecular complexity index is 870. The molecule has 0 unspecified atom stereocenters. The van der Waals surface area contributed by atoms with Crippen molar-refractivity contribution in [2.45, 2.75) is 45.2 Å². The van der Waals surface area contributed by atoms with Crippen LogP contribution in [-0.4, -0.2) is 50.5 Å². The normalized spacial score (nSPS) is 15.1. The first kappa shape index (κ1) is 23.8. The Hall–Kier alpha value is -2.86. The van der Waals surface area contributed by atoms with Crippen LogP contribution in [0.15, 0.2) is 53.5 Å². The standard InChI is InChI=1S/C26H37N5O/c1-27-25(32)24-9-7-8-21(18-24)14-15-29-26(28-2)30-19-22-10-12-23(13-11-22)20-31-16-5-3-4-6-17-31/h7-13,18H,3-6,14-17,19-20H2,1-2H3,(H,27,32)(H2,28,29,30). The number of rotatable bonds is 8. The van der Waals surface area contributed by atoms with Gasteiger partial charge in [0.2, 0.25) is 0 Å². The summed E-state index contributed by atoms with van der Waals surface area (Å²) in [6.45, 7) is 4.97. The summed E-state index contributed by atoms with van der Waals surface area (Å²) < 4.78 is 0. The molecule has 3 rings (SSSR count). The molecule has 0 aliphatic carbocycles. The van der Waals surface area contributed by atoms with Gasteiger partial charge in [0.25, 0.3) is 5.91 Å². The molecule has 1 heterocycles. The molecule has 32 heavy (non-hydrogen) atoms.